The second kappa shape index (κ2) is 9.20. The Balaban J connectivity index is 2.35. The molecule has 7 nitrogen and oxygen atoms in total. The molecule has 0 aromatic carbocycles. The van der Waals surface area contributed by atoms with Crippen LogP contribution in [-0.4, -0.2) is 42.1 Å². The van der Waals surface area contributed by atoms with E-state index in [0.29, 0.717) is 6.54 Å². The number of aliphatic carboxylic acids is 1. The number of carboxylic acid groups (broad SMARTS) is 1. The normalized spacial score (nSPS) is 16.8. The van der Waals surface area contributed by atoms with Crippen molar-refractivity contribution >= 4 is 17.9 Å². The predicted octanol–water partition coefficient (Wildman–Crippen LogP) is 0.845. The lowest BCUT2D eigenvalue weighted by Crippen LogP contribution is -2.50. The SMILES string of the molecule is CCNC(=O)CCNC(=O)NC(C(=O)O)C1CCCCC1. The maximum absolute atomic E-state index is 11.7. The second-order valence-electron chi connectivity index (χ2n) is 5.32. The standard InChI is InChI=1S/C14H25N3O4/c1-2-15-11(18)8-9-16-14(21)17-12(13(19)20)10-6-4-3-5-7-10/h10,12H,2-9H2,1H3,(H,15,18)(H,19,20)(H2,16,17,21). The van der Waals surface area contributed by atoms with E-state index in [0.717, 1.165) is 32.1 Å². The highest BCUT2D eigenvalue weighted by molar-refractivity contribution is 5.83. The summed E-state index contributed by atoms with van der Waals surface area (Å²) in [4.78, 5) is 34.2. The van der Waals surface area contributed by atoms with Gasteiger partial charge in [-0.15, -0.1) is 0 Å². The quantitative estimate of drug-likeness (QED) is 0.559. The smallest absolute Gasteiger partial charge is 0.326 e. The van der Waals surface area contributed by atoms with E-state index in [1.165, 1.54) is 0 Å². The summed E-state index contributed by atoms with van der Waals surface area (Å²) < 4.78 is 0. The Morgan fingerprint density at radius 2 is 1.81 bits per heavy atom. The van der Waals surface area contributed by atoms with Gasteiger partial charge in [0, 0.05) is 19.5 Å². The molecule has 1 rings (SSSR count). The van der Waals surface area contributed by atoms with Gasteiger partial charge in [-0.3, -0.25) is 4.79 Å². The van der Waals surface area contributed by atoms with Crippen molar-refractivity contribution in [3.05, 3.63) is 0 Å². The largest absolute Gasteiger partial charge is 0.480 e. The lowest BCUT2D eigenvalue weighted by molar-refractivity contribution is -0.141. The van der Waals surface area contributed by atoms with Crippen LogP contribution in [0.15, 0.2) is 0 Å². The van der Waals surface area contributed by atoms with Crippen LogP contribution in [-0.2, 0) is 9.59 Å². The zero-order valence-electron chi connectivity index (χ0n) is 12.5. The maximum atomic E-state index is 11.7. The number of urea groups is 1. The van der Waals surface area contributed by atoms with E-state index in [9.17, 15) is 19.5 Å². The van der Waals surface area contributed by atoms with Crippen LogP contribution in [0.1, 0.15) is 45.4 Å². The summed E-state index contributed by atoms with van der Waals surface area (Å²) in [5.74, 6) is -1.15. The lowest BCUT2D eigenvalue weighted by atomic mass is 9.84. The highest BCUT2D eigenvalue weighted by Gasteiger charge is 2.30. The summed E-state index contributed by atoms with van der Waals surface area (Å²) in [6, 6.07) is -1.38. The van der Waals surface area contributed by atoms with Crippen molar-refractivity contribution in [2.75, 3.05) is 13.1 Å². The van der Waals surface area contributed by atoms with Crippen molar-refractivity contribution in [1.29, 1.82) is 0 Å². The Kier molecular flexibility index (Phi) is 7.56. The Bertz CT molecular complexity index is 367. The van der Waals surface area contributed by atoms with Crippen molar-refractivity contribution < 1.29 is 19.5 Å². The van der Waals surface area contributed by atoms with Gasteiger partial charge in [0.1, 0.15) is 6.04 Å². The maximum Gasteiger partial charge on any atom is 0.326 e. The molecule has 0 spiro atoms. The molecule has 3 amide bonds. The number of hydrogen-bond donors (Lipinski definition) is 4. The molecule has 1 aliphatic rings. The number of carboxylic acids is 1. The van der Waals surface area contributed by atoms with Gasteiger partial charge in [-0.25, -0.2) is 9.59 Å². The second-order valence-corrected chi connectivity index (χ2v) is 5.32. The Morgan fingerprint density at radius 3 is 2.38 bits per heavy atom. The molecule has 120 valence electrons. The van der Waals surface area contributed by atoms with Crippen LogP contribution >= 0.6 is 0 Å². The van der Waals surface area contributed by atoms with E-state index in [1.54, 1.807) is 0 Å². The Hall–Kier alpha value is -1.79. The van der Waals surface area contributed by atoms with Gasteiger partial charge in [-0.05, 0) is 25.7 Å². The van der Waals surface area contributed by atoms with Gasteiger partial charge in [0.15, 0.2) is 0 Å². The predicted molar refractivity (Wildman–Crippen MR) is 77.8 cm³/mol. The molecule has 21 heavy (non-hydrogen) atoms. The number of nitrogens with one attached hydrogen (secondary N) is 3. The molecule has 1 aliphatic carbocycles. The molecule has 0 radical (unpaired) electrons. The molecular weight excluding hydrogens is 274 g/mol. The first kappa shape index (κ1) is 17.3. The minimum Gasteiger partial charge on any atom is -0.480 e. The molecule has 1 fully saturated rings. The Morgan fingerprint density at radius 1 is 1.14 bits per heavy atom. The van der Waals surface area contributed by atoms with E-state index in [1.807, 2.05) is 6.92 Å². The molecule has 0 heterocycles. The van der Waals surface area contributed by atoms with E-state index in [-0.39, 0.29) is 24.8 Å². The molecule has 4 N–H and O–H groups in total. The third kappa shape index (κ3) is 6.46. The monoisotopic (exact) mass is 299 g/mol. The van der Waals surface area contributed by atoms with Crippen molar-refractivity contribution in [1.82, 2.24) is 16.0 Å². The molecule has 0 aromatic rings. The molecule has 1 unspecified atom stereocenters. The minimum atomic E-state index is -0.999. The van der Waals surface area contributed by atoms with Gasteiger partial charge >= 0.3 is 12.0 Å². The molecular formula is C14H25N3O4. The molecule has 7 heteroatoms. The van der Waals surface area contributed by atoms with Crippen molar-refractivity contribution in [3.8, 4) is 0 Å². The zero-order chi connectivity index (χ0) is 15.7. The number of carbonyl (C=O) groups excluding carboxylic acids is 2. The van der Waals surface area contributed by atoms with Crippen LogP contribution in [0, 0.1) is 5.92 Å². The minimum absolute atomic E-state index is 0.00890. The first-order valence-electron chi connectivity index (χ1n) is 7.58. The van der Waals surface area contributed by atoms with Gasteiger partial charge in [0.25, 0.3) is 0 Å². The number of rotatable bonds is 7. The van der Waals surface area contributed by atoms with Gasteiger partial charge in [-0.2, -0.15) is 0 Å². The first-order chi connectivity index (χ1) is 10.0. The van der Waals surface area contributed by atoms with E-state index >= 15 is 0 Å². The van der Waals surface area contributed by atoms with Crippen LogP contribution in [0.4, 0.5) is 4.79 Å². The van der Waals surface area contributed by atoms with Crippen LogP contribution in [0.25, 0.3) is 0 Å². The van der Waals surface area contributed by atoms with Crippen molar-refractivity contribution in [3.63, 3.8) is 0 Å². The van der Waals surface area contributed by atoms with E-state index in [2.05, 4.69) is 16.0 Å². The number of carbonyl (C=O) groups is 3. The van der Waals surface area contributed by atoms with Gasteiger partial charge in [-0.1, -0.05) is 19.3 Å². The van der Waals surface area contributed by atoms with Crippen LogP contribution < -0.4 is 16.0 Å². The fourth-order valence-electron chi connectivity index (χ4n) is 2.62. The third-order valence-corrected chi connectivity index (χ3v) is 3.69. The van der Waals surface area contributed by atoms with Crippen molar-refractivity contribution in [2.45, 2.75) is 51.5 Å². The lowest BCUT2D eigenvalue weighted by Gasteiger charge is -2.28. The van der Waals surface area contributed by atoms with E-state index in [4.69, 9.17) is 0 Å². The van der Waals surface area contributed by atoms with Crippen LogP contribution in [0.5, 0.6) is 0 Å². The molecule has 0 aliphatic heterocycles. The molecule has 1 atom stereocenters. The fraction of sp³-hybridized carbons (Fsp3) is 0.786. The average Bonchev–Trinajstić information content (AvgIpc) is 2.45. The summed E-state index contributed by atoms with van der Waals surface area (Å²) in [6.45, 7) is 2.56. The Labute approximate surface area is 124 Å². The van der Waals surface area contributed by atoms with Gasteiger partial charge in [0.2, 0.25) is 5.91 Å². The summed E-state index contributed by atoms with van der Waals surface area (Å²) in [7, 11) is 0. The molecule has 0 saturated heterocycles. The average molecular weight is 299 g/mol. The van der Waals surface area contributed by atoms with Gasteiger partial charge in [0.05, 0.1) is 0 Å². The highest BCUT2D eigenvalue weighted by atomic mass is 16.4. The highest BCUT2D eigenvalue weighted by Crippen LogP contribution is 2.26. The summed E-state index contributed by atoms with van der Waals surface area (Å²) in [6.07, 6.45) is 4.99. The van der Waals surface area contributed by atoms with Crippen molar-refractivity contribution in [2.24, 2.45) is 5.92 Å². The summed E-state index contributed by atoms with van der Waals surface area (Å²) >= 11 is 0. The molecule has 0 bridgehead atoms. The fourth-order valence-corrected chi connectivity index (χ4v) is 2.62. The summed E-state index contributed by atoms with van der Waals surface area (Å²) in [5, 5.41) is 16.9. The van der Waals surface area contributed by atoms with Crippen LogP contribution in [0.2, 0.25) is 0 Å². The number of hydrogen-bond acceptors (Lipinski definition) is 3. The third-order valence-electron chi connectivity index (χ3n) is 3.69. The number of amides is 3. The molecule has 1 saturated carbocycles. The van der Waals surface area contributed by atoms with Gasteiger partial charge < -0.3 is 21.1 Å². The topological polar surface area (TPSA) is 108 Å². The zero-order valence-corrected chi connectivity index (χ0v) is 12.5. The van der Waals surface area contributed by atoms with E-state index < -0.39 is 18.0 Å². The summed E-state index contributed by atoms with van der Waals surface area (Å²) in [5.41, 5.74) is 0. The first-order valence-corrected chi connectivity index (χ1v) is 7.58. The molecule has 0 aromatic heterocycles. The van der Waals surface area contributed by atoms with Crippen LogP contribution in [0.3, 0.4) is 0 Å².